The van der Waals surface area contributed by atoms with Gasteiger partial charge in [-0.25, -0.2) is 9.18 Å². The average molecular weight is 346 g/mol. The van der Waals surface area contributed by atoms with Crippen molar-refractivity contribution in [1.82, 2.24) is 5.32 Å². The lowest BCUT2D eigenvalue weighted by atomic mass is 10.1. The number of benzene rings is 2. The molecule has 2 aromatic carbocycles. The van der Waals surface area contributed by atoms with E-state index in [4.69, 9.17) is 17.0 Å². The minimum atomic E-state index is -0.375. The molecule has 0 saturated heterocycles. The molecule has 0 aliphatic rings. The quantitative estimate of drug-likeness (QED) is 0.632. The first-order valence-corrected chi connectivity index (χ1v) is 8.00. The van der Waals surface area contributed by atoms with Crippen LogP contribution in [0.25, 0.3) is 0 Å². The lowest BCUT2D eigenvalue weighted by Gasteiger charge is -2.17. The summed E-state index contributed by atoms with van der Waals surface area (Å²) >= 11 is 5.29. The number of nitrogens with one attached hydrogen (secondary N) is 2. The van der Waals surface area contributed by atoms with E-state index < -0.39 is 0 Å². The van der Waals surface area contributed by atoms with Crippen LogP contribution in [0.4, 0.5) is 10.1 Å². The van der Waals surface area contributed by atoms with Crippen LogP contribution < -0.4 is 10.6 Å². The molecule has 0 saturated carbocycles. The number of rotatable bonds is 5. The number of hydrogen-bond donors (Lipinski definition) is 2. The Morgan fingerprint density at radius 2 is 1.96 bits per heavy atom. The second-order valence-electron chi connectivity index (χ2n) is 5.17. The van der Waals surface area contributed by atoms with Gasteiger partial charge in [-0.2, -0.15) is 0 Å². The summed E-state index contributed by atoms with van der Waals surface area (Å²) in [5.41, 5.74) is 2.06. The van der Waals surface area contributed by atoms with Crippen molar-refractivity contribution in [3.05, 3.63) is 65.5 Å². The predicted molar refractivity (Wildman–Crippen MR) is 96.6 cm³/mol. The Kier molecular flexibility index (Phi) is 6.26. The largest absolute Gasteiger partial charge is 0.462 e. The molecule has 2 rings (SSSR count). The Labute approximate surface area is 146 Å². The molecule has 24 heavy (non-hydrogen) atoms. The first-order chi connectivity index (χ1) is 11.5. The van der Waals surface area contributed by atoms with Crippen LogP contribution >= 0.6 is 12.2 Å². The summed E-state index contributed by atoms with van der Waals surface area (Å²) in [4.78, 5) is 11.7. The van der Waals surface area contributed by atoms with Gasteiger partial charge in [-0.15, -0.1) is 0 Å². The number of halogens is 1. The van der Waals surface area contributed by atoms with Gasteiger partial charge in [-0.05, 0) is 62.0 Å². The molecule has 0 fully saturated rings. The van der Waals surface area contributed by atoms with Gasteiger partial charge in [0, 0.05) is 5.69 Å². The molecule has 0 amide bonds. The topological polar surface area (TPSA) is 50.4 Å². The molecule has 126 valence electrons. The summed E-state index contributed by atoms with van der Waals surface area (Å²) in [6.45, 7) is 4.01. The molecule has 0 radical (unpaired) electrons. The summed E-state index contributed by atoms with van der Waals surface area (Å²) in [5.74, 6) is -0.651. The van der Waals surface area contributed by atoms with Crippen LogP contribution in [0.3, 0.4) is 0 Å². The zero-order valence-corrected chi connectivity index (χ0v) is 14.3. The molecule has 0 spiro atoms. The standard InChI is InChI=1S/C18H19FN2O2S/c1-3-23-17(22)14-5-4-6-16(11-14)21-18(24)20-12(2)13-7-9-15(19)10-8-13/h4-12H,3H2,1-2H3,(H2,20,21,24). The Balaban J connectivity index is 1.98. The Morgan fingerprint density at radius 1 is 1.25 bits per heavy atom. The highest BCUT2D eigenvalue weighted by molar-refractivity contribution is 7.80. The van der Waals surface area contributed by atoms with E-state index in [1.807, 2.05) is 6.92 Å². The summed E-state index contributed by atoms with van der Waals surface area (Å²) < 4.78 is 17.9. The van der Waals surface area contributed by atoms with E-state index in [1.165, 1.54) is 12.1 Å². The van der Waals surface area contributed by atoms with E-state index in [-0.39, 0.29) is 17.8 Å². The minimum Gasteiger partial charge on any atom is -0.462 e. The second kappa shape index (κ2) is 8.40. The molecule has 0 heterocycles. The van der Waals surface area contributed by atoms with Crippen LogP contribution in [0.1, 0.15) is 35.8 Å². The maximum atomic E-state index is 13.0. The predicted octanol–water partition coefficient (Wildman–Crippen LogP) is 4.05. The number of hydrogen-bond acceptors (Lipinski definition) is 3. The van der Waals surface area contributed by atoms with Crippen molar-refractivity contribution in [3.63, 3.8) is 0 Å². The molecule has 1 atom stereocenters. The van der Waals surface area contributed by atoms with Crippen molar-refractivity contribution in [3.8, 4) is 0 Å². The molecule has 0 aliphatic carbocycles. The number of carbonyl (C=O) groups excluding carboxylic acids is 1. The summed E-state index contributed by atoms with van der Waals surface area (Å²) in [6, 6.07) is 13.1. The Bertz CT molecular complexity index is 719. The third-order valence-corrected chi connectivity index (χ3v) is 3.57. The molecule has 0 aliphatic heterocycles. The van der Waals surface area contributed by atoms with Gasteiger partial charge >= 0.3 is 5.97 Å². The van der Waals surface area contributed by atoms with Crippen LogP contribution in [0.15, 0.2) is 48.5 Å². The Morgan fingerprint density at radius 3 is 2.62 bits per heavy atom. The van der Waals surface area contributed by atoms with Crippen LogP contribution in [0, 0.1) is 5.82 Å². The Hall–Kier alpha value is -2.47. The third kappa shape index (κ3) is 5.03. The highest BCUT2D eigenvalue weighted by Gasteiger charge is 2.09. The second-order valence-corrected chi connectivity index (χ2v) is 5.58. The molecule has 1 unspecified atom stereocenters. The minimum absolute atomic E-state index is 0.0844. The van der Waals surface area contributed by atoms with Gasteiger partial charge in [0.25, 0.3) is 0 Å². The molecule has 0 aromatic heterocycles. The van der Waals surface area contributed by atoms with E-state index in [9.17, 15) is 9.18 Å². The fourth-order valence-corrected chi connectivity index (χ4v) is 2.43. The van der Waals surface area contributed by atoms with E-state index >= 15 is 0 Å². The highest BCUT2D eigenvalue weighted by atomic mass is 32.1. The maximum Gasteiger partial charge on any atom is 0.338 e. The first-order valence-electron chi connectivity index (χ1n) is 7.59. The third-order valence-electron chi connectivity index (χ3n) is 3.35. The van der Waals surface area contributed by atoms with Crippen LogP contribution in [0.5, 0.6) is 0 Å². The van der Waals surface area contributed by atoms with E-state index in [0.29, 0.717) is 23.0 Å². The maximum absolute atomic E-state index is 13.0. The zero-order chi connectivity index (χ0) is 17.5. The van der Waals surface area contributed by atoms with Gasteiger partial charge in [0.05, 0.1) is 18.2 Å². The lowest BCUT2D eigenvalue weighted by Crippen LogP contribution is -2.30. The van der Waals surface area contributed by atoms with Crippen molar-refractivity contribution in [1.29, 1.82) is 0 Å². The van der Waals surface area contributed by atoms with Crippen molar-refractivity contribution < 1.29 is 13.9 Å². The number of esters is 1. The molecular formula is C18H19FN2O2S. The van der Waals surface area contributed by atoms with Crippen molar-refractivity contribution in [2.24, 2.45) is 0 Å². The zero-order valence-electron chi connectivity index (χ0n) is 13.5. The summed E-state index contributed by atoms with van der Waals surface area (Å²) in [7, 11) is 0. The molecule has 6 heteroatoms. The first kappa shape index (κ1) is 17.9. The monoisotopic (exact) mass is 346 g/mol. The number of carbonyl (C=O) groups is 1. The molecule has 2 aromatic rings. The average Bonchev–Trinajstić information content (AvgIpc) is 2.55. The highest BCUT2D eigenvalue weighted by Crippen LogP contribution is 2.15. The van der Waals surface area contributed by atoms with Crippen LogP contribution in [0.2, 0.25) is 0 Å². The van der Waals surface area contributed by atoms with Gasteiger partial charge in [-0.1, -0.05) is 18.2 Å². The fraction of sp³-hybridized carbons (Fsp3) is 0.222. The van der Waals surface area contributed by atoms with Gasteiger partial charge in [0.2, 0.25) is 0 Å². The van der Waals surface area contributed by atoms with Gasteiger partial charge in [0.1, 0.15) is 5.82 Å². The van der Waals surface area contributed by atoms with Crippen molar-refractivity contribution in [2.45, 2.75) is 19.9 Å². The number of ether oxygens (including phenoxy) is 1. The van der Waals surface area contributed by atoms with E-state index in [1.54, 1.807) is 43.3 Å². The van der Waals surface area contributed by atoms with Crippen LogP contribution in [-0.2, 0) is 4.74 Å². The summed E-state index contributed by atoms with van der Waals surface area (Å²) in [6.07, 6.45) is 0. The van der Waals surface area contributed by atoms with Crippen molar-refractivity contribution >= 4 is 29.0 Å². The van der Waals surface area contributed by atoms with Crippen LogP contribution in [-0.4, -0.2) is 17.7 Å². The van der Waals surface area contributed by atoms with Crippen molar-refractivity contribution in [2.75, 3.05) is 11.9 Å². The van der Waals surface area contributed by atoms with Gasteiger partial charge < -0.3 is 15.4 Å². The molecular weight excluding hydrogens is 327 g/mol. The van der Waals surface area contributed by atoms with Gasteiger partial charge in [-0.3, -0.25) is 0 Å². The smallest absolute Gasteiger partial charge is 0.338 e. The number of thiocarbonyl (C=S) groups is 1. The van der Waals surface area contributed by atoms with Gasteiger partial charge in [0.15, 0.2) is 5.11 Å². The normalized spacial score (nSPS) is 11.5. The van der Waals surface area contributed by atoms with E-state index in [2.05, 4.69) is 10.6 Å². The fourth-order valence-electron chi connectivity index (χ4n) is 2.14. The molecule has 4 nitrogen and oxygen atoms in total. The molecule has 2 N–H and O–H groups in total. The lowest BCUT2D eigenvalue weighted by molar-refractivity contribution is 0.0526. The SMILES string of the molecule is CCOC(=O)c1cccc(NC(=S)NC(C)c2ccc(F)cc2)c1. The number of anilines is 1. The molecule has 0 bridgehead atoms. The summed E-state index contributed by atoms with van der Waals surface area (Å²) in [5, 5.41) is 6.56. The van der Waals surface area contributed by atoms with E-state index in [0.717, 1.165) is 5.56 Å².